The molecule has 0 bridgehead atoms. The Kier molecular flexibility index (Phi) is 6.45. The van der Waals surface area contributed by atoms with Crippen molar-refractivity contribution in [3.05, 3.63) is 61.8 Å². The van der Waals surface area contributed by atoms with Gasteiger partial charge in [0.15, 0.2) is 11.4 Å². The van der Waals surface area contributed by atoms with Crippen molar-refractivity contribution in [2.24, 2.45) is 0 Å². The number of likely N-dealkylation sites (N-methyl/N-ethyl adjacent to an activating group) is 1. The molecule has 10 heteroatoms. The fourth-order valence-corrected chi connectivity index (χ4v) is 4.83. The van der Waals surface area contributed by atoms with Crippen LogP contribution in [-0.2, 0) is 24.4 Å². The third kappa shape index (κ3) is 4.22. The van der Waals surface area contributed by atoms with E-state index in [4.69, 9.17) is 11.6 Å². The molecule has 3 heterocycles. The molecular weight excluding hydrogens is 451 g/mol. The molecule has 2 aliphatic heterocycles. The molecular formula is C23H26ClFN4O4. The quantitative estimate of drug-likeness (QED) is 0.704. The maximum absolute atomic E-state index is 13.5. The van der Waals surface area contributed by atoms with Crippen LogP contribution in [0.4, 0.5) is 4.39 Å². The van der Waals surface area contributed by atoms with Crippen LogP contribution in [0.3, 0.4) is 0 Å². The lowest BCUT2D eigenvalue weighted by atomic mass is 9.95. The van der Waals surface area contributed by atoms with Crippen LogP contribution in [0.1, 0.15) is 46.6 Å². The highest BCUT2D eigenvalue weighted by Gasteiger charge is 2.35. The molecule has 8 nitrogen and oxygen atoms in total. The van der Waals surface area contributed by atoms with E-state index in [1.807, 2.05) is 6.92 Å². The van der Waals surface area contributed by atoms with Gasteiger partial charge in [0.1, 0.15) is 5.82 Å². The summed E-state index contributed by atoms with van der Waals surface area (Å²) in [5, 5.41) is 13.6. The zero-order valence-corrected chi connectivity index (χ0v) is 19.3. The zero-order chi connectivity index (χ0) is 23.9. The van der Waals surface area contributed by atoms with Crippen molar-refractivity contribution in [2.75, 3.05) is 26.7 Å². The molecule has 4 rings (SSSR count). The van der Waals surface area contributed by atoms with Gasteiger partial charge in [-0.1, -0.05) is 24.6 Å². The van der Waals surface area contributed by atoms with Crippen molar-refractivity contribution in [1.82, 2.24) is 19.7 Å². The minimum absolute atomic E-state index is 0.0398. The lowest BCUT2D eigenvalue weighted by Gasteiger charge is -2.33. The first-order valence-electron chi connectivity index (χ1n) is 10.9. The first kappa shape index (κ1) is 23.3. The van der Waals surface area contributed by atoms with Crippen molar-refractivity contribution >= 4 is 23.4 Å². The summed E-state index contributed by atoms with van der Waals surface area (Å²) < 4.78 is 15.2. The van der Waals surface area contributed by atoms with E-state index >= 15 is 0 Å². The van der Waals surface area contributed by atoms with Crippen LogP contribution in [0, 0.1) is 5.82 Å². The Hall–Kier alpha value is -2.91. The summed E-state index contributed by atoms with van der Waals surface area (Å²) in [7, 11) is 1.69. The normalized spacial score (nSPS) is 18.1. The number of nitrogens with zero attached hydrogens (tertiary/aromatic N) is 3. The van der Waals surface area contributed by atoms with Gasteiger partial charge in [0.25, 0.3) is 5.91 Å². The summed E-state index contributed by atoms with van der Waals surface area (Å²) in [6.07, 6.45) is 0.585. The van der Waals surface area contributed by atoms with Crippen LogP contribution in [0.5, 0.6) is 5.75 Å². The number of benzene rings is 1. The van der Waals surface area contributed by atoms with E-state index in [0.29, 0.717) is 42.9 Å². The third-order valence-electron chi connectivity index (χ3n) is 6.38. The van der Waals surface area contributed by atoms with Crippen molar-refractivity contribution in [2.45, 2.75) is 38.9 Å². The van der Waals surface area contributed by atoms with Crippen molar-refractivity contribution in [1.29, 1.82) is 0 Å². The summed E-state index contributed by atoms with van der Waals surface area (Å²) in [5.74, 6) is -1.87. The second kappa shape index (κ2) is 9.15. The van der Waals surface area contributed by atoms with Crippen LogP contribution in [-0.4, -0.2) is 58.0 Å². The standard InChI is InChI=1S/C23H26ClFN4O4/c1-13-5-6-27(18(30)10-26-2)12-17-19(13)21(31)22(32)20-23(33)28(7-8-29(17)20)11-14-3-4-16(25)15(24)9-14/h3-4,9,13,26,32H,5-8,10-12H2,1-2H3. The fourth-order valence-electron chi connectivity index (χ4n) is 4.63. The van der Waals surface area contributed by atoms with Crippen LogP contribution in [0.25, 0.3) is 0 Å². The summed E-state index contributed by atoms with van der Waals surface area (Å²) in [4.78, 5) is 42.2. The molecule has 0 spiro atoms. The molecule has 0 radical (unpaired) electrons. The van der Waals surface area contributed by atoms with E-state index in [1.54, 1.807) is 22.6 Å². The molecule has 0 aliphatic carbocycles. The summed E-state index contributed by atoms with van der Waals surface area (Å²) in [6, 6.07) is 4.23. The number of carbonyl (C=O) groups excluding carboxylic acids is 2. The smallest absolute Gasteiger partial charge is 0.274 e. The van der Waals surface area contributed by atoms with E-state index in [2.05, 4.69) is 5.32 Å². The Morgan fingerprint density at radius 1 is 1.27 bits per heavy atom. The van der Waals surface area contributed by atoms with Gasteiger partial charge in [-0.15, -0.1) is 0 Å². The average Bonchev–Trinajstić information content (AvgIpc) is 2.95. The predicted octanol–water partition coefficient (Wildman–Crippen LogP) is 2.06. The molecule has 1 aromatic carbocycles. The number of aromatic hydroxyl groups is 1. The average molecular weight is 477 g/mol. The Balaban J connectivity index is 1.74. The van der Waals surface area contributed by atoms with E-state index < -0.39 is 22.9 Å². The summed E-state index contributed by atoms with van der Waals surface area (Å²) in [5.41, 5.74) is 1.06. The highest BCUT2D eigenvalue weighted by Crippen LogP contribution is 2.32. The molecule has 176 valence electrons. The van der Waals surface area contributed by atoms with Gasteiger partial charge in [-0.2, -0.15) is 0 Å². The van der Waals surface area contributed by atoms with Gasteiger partial charge < -0.3 is 24.8 Å². The van der Waals surface area contributed by atoms with Gasteiger partial charge in [0.2, 0.25) is 11.3 Å². The Labute approximate surface area is 195 Å². The number of pyridine rings is 1. The number of carbonyl (C=O) groups is 2. The van der Waals surface area contributed by atoms with Crippen molar-refractivity contribution < 1.29 is 19.1 Å². The van der Waals surface area contributed by atoms with Gasteiger partial charge in [0, 0.05) is 37.4 Å². The first-order chi connectivity index (χ1) is 15.7. The van der Waals surface area contributed by atoms with Gasteiger partial charge in [-0.25, -0.2) is 4.39 Å². The van der Waals surface area contributed by atoms with Crippen molar-refractivity contribution in [3.63, 3.8) is 0 Å². The number of aromatic nitrogens is 1. The minimum Gasteiger partial charge on any atom is -0.503 e. The number of hydrogen-bond acceptors (Lipinski definition) is 5. The number of halogens is 2. The molecule has 2 aliphatic rings. The molecule has 0 saturated heterocycles. The maximum Gasteiger partial charge on any atom is 0.274 e. The van der Waals surface area contributed by atoms with Gasteiger partial charge in [0.05, 0.1) is 18.1 Å². The molecule has 2 N–H and O–H groups in total. The van der Waals surface area contributed by atoms with E-state index in [1.165, 1.54) is 17.0 Å². The second-order valence-electron chi connectivity index (χ2n) is 8.55. The monoisotopic (exact) mass is 476 g/mol. The Morgan fingerprint density at radius 3 is 2.73 bits per heavy atom. The number of rotatable bonds is 4. The van der Waals surface area contributed by atoms with Gasteiger partial charge in [-0.3, -0.25) is 14.4 Å². The molecule has 33 heavy (non-hydrogen) atoms. The van der Waals surface area contributed by atoms with E-state index in [9.17, 15) is 23.9 Å². The number of fused-ring (bicyclic) bond motifs is 3. The number of amides is 2. The number of hydrogen-bond donors (Lipinski definition) is 2. The summed E-state index contributed by atoms with van der Waals surface area (Å²) in [6.45, 7) is 3.59. The van der Waals surface area contributed by atoms with Crippen LogP contribution in [0.2, 0.25) is 5.02 Å². The third-order valence-corrected chi connectivity index (χ3v) is 6.67. The molecule has 1 aromatic heterocycles. The first-order valence-corrected chi connectivity index (χ1v) is 11.2. The molecule has 2 aromatic rings. The maximum atomic E-state index is 13.5. The highest BCUT2D eigenvalue weighted by molar-refractivity contribution is 6.30. The van der Waals surface area contributed by atoms with Crippen LogP contribution >= 0.6 is 11.6 Å². The zero-order valence-electron chi connectivity index (χ0n) is 18.5. The van der Waals surface area contributed by atoms with Gasteiger partial charge >= 0.3 is 0 Å². The predicted molar refractivity (Wildman–Crippen MR) is 121 cm³/mol. The fraction of sp³-hybridized carbons (Fsp3) is 0.435. The largest absolute Gasteiger partial charge is 0.503 e. The van der Waals surface area contributed by atoms with E-state index in [-0.39, 0.29) is 42.2 Å². The Morgan fingerprint density at radius 2 is 2.03 bits per heavy atom. The van der Waals surface area contributed by atoms with Crippen molar-refractivity contribution in [3.8, 4) is 5.75 Å². The molecule has 1 unspecified atom stereocenters. The van der Waals surface area contributed by atoms with E-state index in [0.717, 1.165) is 0 Å². The molecule has 0 saturated carbocycles. The Bertz CT molecular complexity index is 1180. The lowest BCUT2D eigenvalue weighted by molar-refractivity contribution is -0.130. The summed E-state index contributed by atoms with van der Waals surface area (Å²) >= 11 is 5.86. The molecule has 1 atom stereocenters. The minimum atomic E-state index is -0.567. The SMILES string of the molecule is CNCC(=O)N1CCC(C)c2c(n3c(c(O)c2=O)C(=O)N(Cc2ccc(F)c(Cl)c2)CC3)C1. The van der Waals surface area contributed by atoms with Crippen LogP contribution < -0.4 is 10.7 Å². The topological polar surface area (TPSA) is 94.9 Å². The van der Waals surface area contributed by atoms with Gasteiger partial charge in [-0.05, 0) is 37.1 Å². The number of nitrogens with one attached hydrogen (secondary N) is 1. The van der Waals surface area contributed by atoms with Crippen LogP contribution in [0.15, 0.2) is 23.0 Å². The molecule has 0 fully saturated rings. The molecule has 2 amide bonds. The second-order valence-corrected chi connectivity index (χ2v) is 8.96. The highest BCUT2D eigenvalue weighted by atomic mass is 35.5. The lowest BCUT2D eigenvalue weighted by Crippen LogP contribution is -2.44.